The fraction of sp³-hybridized carbons (Fsp3) is 0.704. The van der Waals surface area contributed by atoms with Crippen LogP contribution in [0.2, 0.25) is 24.7 Å². The highest BCUT2D eigenvalue weighted by atomic mass is 35.5. The Labute approximate surface area is 211 Å². The molecule has 2 saturated carbocycles. The molecule has 1 aromatic carbocycles. The molecule has 34 heavy (non-hydrogen) atoms. The molecule has 1 N–H and O–H groups in total. The maximum absolute atomic E-state index is 14.3. The fourth-order valence-corrected chi connectivity index (χ4v) is 7.74. The maximum Gasteiger partial charge on any atom is 0.408 e. The standard InChI is InChI=1S/C27H42ClNO4Si/c1-24(2,3)32-23(31)29-21(18-10-12-20(28)13-11-18)16-22(30)27(33-34(7,8)9)17-19-14-15-26(27,6)25(19,4)5/h10-13,19,21H,14-17H2,1-9H3,(H,29,31)/t19-,21-,26-,27-/m1/s1. The lowest BCUT2D eigenvalue weighted by Crippen LogP contribution is -2.59. The van der Waals surface area contributed by atoms with Crippen molar-refractivity contribution >= 4 is 31.8 Å². The van der Waals surface area contributed by atoms with E-state index in [2.05, 4.69) is 45.7 Å². The molecule has 0 aliphatic heterocycles. The molecule has 2 aliphatic carbocycles. The Morgan fingerprint density at radius 1 is 1.15 bits per heavy atom. The minimum Gasteiger partial charge on any atom is -0.444 e. The van der Waals surface area contributed by atoms with Crippen molar-refractivity contribution in [2.45, 2.75) is 104 Å². The number of fused-ring (bicyclic) bond motifs is 2. The van der Waals surface area contributed by atoms with E-state index in [-0.39, 0.29) is 23.0 Å². The predicted octanol–water partition coefficient (Wildman–Crippen LogP) is 7.30. The van der Waals surface area contributed by atoms with Crippen molar-refractivity contribution in [3.63, 3.8) is 0 Å². The monoisotopic (exact) mass is 507 g/mol. The maximum atomic E-state index is 14.3. The van der Waals surface area contributed by atoms with Gasteiger partial charge in [0.05, 0.1) is 6.04 Å². The number of rotatable bonds is 7. The molecule has 0 saturated heterocycles. The smallest absolute Gasteiger partial charge is 0.408 e. The van der Waals surface area contributed by atoms with Gasteiger partial charge >= 0.3 is 6.09 Å². The van der Waals surface area contributed by atoms with Crippen molar-refractivity contribution in [3.8, 4) is 0 Å². The van der Waals surface area contributed by atoms with Crippen molar-refractivity contribution in [2.24, 2.45) is 16.7 Å². The number of halogens is 1. The van der Waals surface area contributed by atoms with Crippen LogP contribution in [0, 0.1) is 16.7 Å². The largest absolute Gasteiger partial charge is 0.444 e. The summed E-state index contributed by atoms with van der Waals surface area (Å²) in [6.07, 6.45) is 2.46. The predicted molar refractivity (Wildman–Crippen MR) is 140 cm³/mol. The van der Waals surface area contributed by atoms with Gasteiger partial charge in [-0.05, 0) is 88.7 Å². The van der Waals surface area contributed by atoms with Gasteiger partial charge in [0.2, 0.25) is 0 Å². The van der Waals surface area contributed by atoms with Gasteiger partial charge in [-0.1, -0.05) is 44.5 Å². The second-order valence-corrected chi connectivity index (χ2v) is 17.8. The Kier molecular flexibility index (Phi) is 7.15. The number of carbonyl (C=O) groups excluding carboxylic acids is 2. The summed E-state index contributed by atoms with van der Waals surface area (Å²) < 4.78 is 12.4. The zero-order chi connectivity index (χ0) is 25.7. The Hall–Kier alpha value is -1.37. The highest BCUT2D eigenvalue weighted by Crippen LogP contribution is 2.71. The lowest BCUT2D eigenvalue weighted by atomic mass is 9.62. The molecule has 4 atom stereocenters. The summed E-state index contributed by atoms with van der Waals surface area (Å²) in [6, 6.07) is 6.74. The first-order valence-electron chi connectivity index (χ1n) is 12.4. The Balaban J connectivity index is 1.97. The molecule has 0 radical (unpaired) electrons. The van der Waals surface area contributed by atoms with Crippen LogP contribution in [-0.4, -0.2) is 31.4 Å². The van der Waals surface area contributed by atoms with Crippen molar-refractivity contribution < 1.29 is 18.8 Å². The van der Waals surface area contributed by atoms with Gasteiger partial charge in [0, 0.05) is 16.9 Å². The molecule has 190 valence electrons. The second kappa shape index (κ2) is 8.93. The van der Waals surface area contributed by atoms with Gasteiger partial charge in [-0.2, -0.15) is 0 Å². The van der Waals surface area contributed by atoms with E-state index in [1.807, 2.05) is 32.9 Å². The molecule has 0 aromatic heterocycles. The van der Waals surface area contributed by atoms with Crippen LogP contribution in [0.1, 0.15) is 78.8 Å². The lowest BCUT2D eigenvalue weighted by Gasteiger charge is -2.50. The summed E-state index contributed by atoms with van der Waals surface area (Å²) in [6.45, 7) is 18.8. The van der Waals surface area contributed by atoms with E-state index in [1.165, 1.54) is 0 Å². The third-order valence-corrected chi connectivity index (χ3v) is 9.36. The molecule has 2 fully saturated rings. The summed E-state index contributed by atoms with van der Waals surface area (Å²) in [4.78, 5) is 27.0. The first-order valence-corrected chi connectivity index (χ1v) is 16.2. The molecule has 5 nitrogen and oxygen atoms in total. The van der Waals surface area contributed by atoms with Gasteiger partial charge in [-0.15, -0.1) is 0 Å². The average Bonchev–Trinajstić information content (AvgIpc) is 2.97. The van der Waals surface area contributed by atoms with Gasteiger partial charge in [0.25, 0.3) is 0 Å². The van der Waals surface area contributed by atoms with Crippen LogP contribution in [0.15, 0.2) is 24.3 Å². The van der Waals surface area contributed by atoms with Crippen molar-refractivity contribution in [2.75, 3.05) is 0 Å². The fourth-order valence-electron chi connectivity index (χ4n) is 6.15. The second-order valence-electron chi connectivity index (χ2n) is 12.9. The highest BCUT2D eigenvalue weighted by molar-refractivity contribution is 6.70. The topological polar surface area (TPSA) is 64.6 Å². The number of ether oxygens (including phenoxy) is 1. The number of amides is 1. The summed E-state index contributed by atoms with van der Waals surface area (Å²) in [5.41, 5.74) is -0.901. The lowest BCUT2D eigenvalue weighted by molar-refractivity contribution is -0.152. The summed E-state index contributed by atoms with van der Waals surface area (Å²) in [5.74, 6) is 0.523. The quantitative estimate of drug-likeness (QED) is 0.393. The van der Waals surface area contributed by atoms with Crippen LogP contribution in [0.5, 0.6) is 0 Å². The molecule has 0 unspecified atom stereocenters. The number of carbonyl (C=O) groups is 2. The number of hydrogen-bond acceptors (Lipinski definition) is 4. The van der Waals surface area contributed by atoms with Crippen molar-refractivity contribution in [3.05, 3.63) is 34.9 Å². The summed E-state index contributed by atoms with van der Waals surface area (Å²) >= 11 is 6.11. The van der Waals surface area contributed by atoms with Gasteiger partial charge < -0.3 is 14.5 Å². The Morgan fingerprint density at radius 3 is 2.18 bits per heavy atom. The normalized spacial score (nSPS) is 29.1. The molecule has 3 rings (SSSR count). The number of ketones is 1. The Morgan fingerprint density at radius 2 is 1.74 bits per heavy atom. The van der Waals surface area contributed by atoms with Crippen molar-refractivity contribution in [1.82, 2.24) is 5.32 Å². The first-order chi connectivity index (χ1) is 15.4. The number of alkyl carbamates (subject to hydrolysis) is 1. The van der Waals surface area contributed by atoms with E-state index in [4.69, 9.17) is 20.8 Å². The van der Waals surface area contributed by atoms with Crippen molar-refractivity contribution in [1.29, 1.82) is 0 Å². The SMILES string of the molecule is CC(C)(C)OC(=O)N[C@H](CC(=O)[C@]1(O[Si](C)(C)C)C[C@H]2CC[C@]1(C)C2(C)C)c1ccc(Cl)cc1. The van der Waals surface area contributed by atoms with E-state index in [9.17, 15) is 9.59 Å². The van der Waals surface area contributed by atoms with Gasteiger partial charge in [0.1, 0.15) is 11.2 Å². The first kappa shape index (κ1) is 27.2. The number of benzene rings is 1. The molecule has 1 amide bonds. The minimum atomic E-state index is -2.06. The van der Waals surface area contributed by atoms with Crippen LogP contribution in [0.4, 0.5) is 4.79 Å². The molecule has 2 aliphatic rings. The molecule has 1 aromatic rings. The van der Waals surface area contributed by atoms with Crippen LogP contribution in [-0.2, 0) is 14.0 Å². The summed E-state index contributed by atoms with van der Waals surface area (Å²) in [7, 11) is -2.06. The van der Waals surface area contributed by atoms with Gasteiger partial charge in [-0.3, -0.25) is 4.79 Å². The number of hydrogen-bond donors (Lipinski definition) is 1. The molecule has 0 heterocycles. The van der Waals surface area contributed by atoms with Gasteiger partial charge in [0.15, 0.2) is 14.1 Å². The number of nitrogens with one attached hydrogen (secondary N) is 1. The number of Topliss-reactive ketones (excluding diaryl/α,β-unsaturated/α-hetero) is 1. The minimum absolute atomic E-state index is 0.0106. The van der Waals surface area contributed by atoms with E-state index >= 15 is 0 Å². The van der Waals surface area contributed by atoms with Crippen LogP contribution < -0.4 is 5.32 Å². The van der Waals surface area contributed by atoms with E-state index in [1.54, 1.807) is 12.1 Å². The third-order valence-electron chi connectivity index (χ3n) is 8.14. The zero-order valence-corrected chi connectivity index (χ0v) is 24.1. The van der Waals surface area contributed by atoms with Crippen LogP contribution in [0.3, 0.4) is 0 Å². The van der Waals surface area contributed by atoms with Gasteiger partial charge in [-0.25, -0.2) is 4.79 Å². The molecular weight excluding hydrogens is 466 g/mol. The summed E-state index contributed by atoms with van der Waals surface area (Å²) in [5, 5.41) is 3.56. The molecule has 0 spiro atoms. The van der Waals surface area contributed by atoms with E-state index in [0.717, 1.165) is 24.8 Å². The highest BCUT2D eigenvalue weighted by Gasteiger charge is 2.72. The molecule has 2 bridgehead atoms. The zero-order valence-electron chi connectivity index (χ0n) is 22.3. The molecular formula is C27H42ClNO4Si. The van der Waals surface area contributed by atoms with E-state index in [0.29, 0.717) is 10.9 Å². The van der Waals surface area contributed by atoms with Crippen LogP contribution in [0.25, 0.3) is 0 Å². The van der Waals surface area contributed by atoms with E-state index < -0.39 is 31.7 Å². The average molecular weight is 508 g/mol. The Bertz CT molecular complexity index is 933. The van der Waals surface area contributed by atoms with Crippen LogP contribution >= 0.6 is 11.6 Å². The third kappa shape index (κ3) is 5.10. The molecule has 7 heteroatoms.